The molecule has 2 bridgehead atoms. The zero-order valence-corrected chi connectivity index (χ0v) is 11.2. The number of hydrogen-bond acceptors (Lipinski definition) is 4. The summed E-state index contributed by atoms with van der Waals surface area (Å²) in [5, 5.41) is 3.46. The number of hydrogen-bond donors (Lipinski definition) is 1. The van der Waals surface area contributed by atoms with E-state index in [0.29, 0.717) is 12.1 Å². The predicted octanol–water partition coefficient (Wildman–Crippen LogP) is 1.15. The molecule has 4 heteroatoms. The van der Waals surface area contributed by atoms with Crippen molar-refractivity contribution in [2.75, 3.05) is 20.7 Å². The first-order chi connectivity index (χ1) is 8.13. The molecule has 0 amide bonds. The highest BCUT2D eigenvalue weighted by atomic mass is 16.5. The Kier molecular flexibility index (Phi) is 3.73. The van der Waals surface area contributed by atoms with Crippen LogP contribution >= 0.6 is 0 Å². The Hall–Kier alpha value is -0.610. The molecule has 0 aliphatic carbocycles. The maximum Gasteiger partial charge on any atom is 0.326 e. The smallest absolute Gasteiger partial charge is 0.326 e. The van der Waals surface area contributed by atoms with Gasteiger partial charge in [-0.2, -0.15) is 0 Å². The topological polar surface area (TPSA) is 41.6 Å². The predicted molar refractivity (Wildman–Crippen MR) is 66.8 cm³/mol. The number of nitrogens with zero attached hydrogens (tertiary/aromatic N) is 1. The summed E-state index contributed by atoms with van der Waals surface area (Å²) in [6.45, 7) is 3.01. The lowest BCUT2D eigenvalue weighted by molar-refractivity contribution is -0.152. The summed E-state index contributed by atoms with van der Waals surface area (Å²) in [5.74, 6) is -0.0732. The minimum Gasteiger partial charge on any atom is -0.468 e. The summed E-state index contributed by atoms with van der Waals surface area (Å²) < 4.78 is 5.03. The van der Waals surface area contributed by atoms with E-state index in [-0.39, 0.29) is 5.97 Å². The minimum absolute atomic E-state index is 0.0732. The average molecular weight is 240 g/mol. The quantitative estimate of drug-likeness (QED) is 0.749. The van der Waals surface area contributed by atoms with Crippen molar-refractivity contribution < 1.29 is 9.53 Å². The van der Waals surface area contributed by atoms with Crippen molar-refractivity contribution >= 4 is 5.97 Å². The Morgan fingerprint density at radius 1 is 1.41 bits per heavy atom. The van der Waals surface area contributed by atoms with Gasteiger partial charge in [-0.1, -0.05) is 6.92 Å². The van der Waals surface area contributed by atoms with Crippen molar-refractivity contribution in [3.05, 3.63) is 0 Å². The third kappa shape index (κ3) is 2.20. The van der Waals surface area contributed by atoms with E-state index in [1.165, 1.54) is 20.0 Å². The van der Waals surface area contributed by atoms with Crippen LogP contribution in [0.4, 0.5) is 0 Å². The number of nitrogens with one attached hydrogen (secondary N) is 1. The van der Waals surface area contributed by atoms with Crippen LogP contribution in [0.15, 0.2) is 0 Å². The lowest BCUT2D eigenvalue weighted by Crippen LogP contribution is -2.61. The van der Waals surface area contributed by atoms with Gasteiger partial charge in [0.05, 0.1) is 7.11 Å². The van der Waals surface area contributed by atoms with Gasteiger partial charge in [0.2, 0.25) is 0 Å². The van der Waals surface area contributed by atoms with Gasteiger partial charge in [-0.15, -0.1) is 0 Å². The molecule has 17 heavy (non-hydrogen) atoms. The van der Waals surface area contributed by atoms with Crippen LogP contribution in [0, 0.1) is 0 Å². The van der Waals surface area contributed by atoms with Gasteiger partial charge in [-0.05, 0) is 45.7 Å². The highest BCUT2D eigenvalue weighted by molar-refractivity contribution is 5.81. The molecule has 2 fully saturated rings. The van der Waals surface area contributed by atoms with Crippen LogP contribution in [-0.2, 0) is 9.53 Å². The highest BCUT2D eigenvalue weighted by Crippen LogP contribution is 2.40. The molecular formula is C13H24N2O2. The molecule has 2 saturated heterocycles. The molecule has 1 N–H and O–H groups in total. The van der Waals surface area contributed by atoms with E-state index in [2.05, 4.69) is 24.2 Å². The first kappa shape index (κ1) is 12.8. The summed E-state index contributed by atoms with van der Waals surface area (Å²) in [5.41, 5.74) is -0.427. The molecule has 0 aromatic carbocycles. The standard InChI is InChI=1S/C13H24N2O2/c1-4-7-14-13(12(16)17-3)8-10-5-6-11(9-13)15(10)2/h10-11,14H,4-9H2,1-3H3. The number of esters is 1. The molecule has 0 saturated carbocycles. The van der Waals surface area contributed by atoms with Crippen LogP contribution in [0.5, 0.6) is 0 Å². The molecule has 0 aromatic heterocycles. The lowest BCUT2D eigenvalue weighted by Gasteiger charge is -2.43. The molecule has 2 rings (SSSR count). The van der Waals surface area contributed by atoms with Crippen LogP contribution in [0.1, 0.15) is 39.0 Å². The number of piperidine rings is 1. The summed E-state index contributed by atoms with van der Waals surface area (Å²) in [6.07, 6.45) is 5.27. The third-order valence-corrected chi connectivity index (χ3v) is 4.44. The maximum atomic E-state index is 12.1. The van der Waals surface area contributed by atoms with Crippen molar-refractivity contribution in [2.24, 2.45) is 0 Å². The molecule has 2 aliphatic rings. The molecule has 0 aromatic rings. The van der Waals surface area contributed by atoms with E-state index in [9.17, 15) is 4.79 Å². The van der Waals surface area contributed by atoms with E-state index in [0.717, 1.165) is 25.8 Å². The number of carbonyl (C=O) groups excluding carboxylic acids is 1. The van der Waals surface area contributed by atoms with Gasteiger partial charge >= 0.3 is 5.97 Å². The number of carbonyl (C=O) groups is 1. The van der Waals surface area contributed by atoms with Crippen LogP contribution in [0.3, 0.4) is 0 Å². The third-order valence-electron chi connectivity index (χ3n) is 4.44. The molecule has 2 heterocycles. The summed E-state index contributed by atoms with van der Waals surface area (Å²) in [7, 11) is 3.68. The van der Waals surface area contributed by atoms with Crippen LogP contribution in [-0.4, -0.2) is 49.2 Å². The number of ether oxygens (including phenoxy) is 1. The van der Waals surface area contributed by atoms with Crippen molar-refractivity contribution in [2.45, 2.75) is 56.7 Å². The second kappa shape index (κ2) is 4.94. The van der Waals surface area contributed by atoms with Crippen LogP contribution in [0.2, 0.25) is 0 Å². The van der Waals surface area contributed by atoms with Gasteiger partial charge in [-0.25, -0.2) is 0 Å². The Bertz CT molecular complexity index is 279. The van der Waals surface area contributed by atoms with Gasteiger partial charge in [0.25, 0.3) is 0 Å². The van der Waals surface area contributed by atoms with E-state index in [1.54, 1.807) is 0 Å². The Balaban J connectivity index is 2.15. The summed E-state index contributed by atoms with van der Waals surface area (Å²) >= 11 is 0. The van der Waals surface area contributed by atoms with Gasteiger partial charge in [0.15, 0.2) is 0 Å². The van der Waals surface area contributed by atoms with E-state index in [1.807, 2.05) is 0 Å². The van der Waals surface area contributed by atoms with Crippen molar-refractivity contribution in [1.29, 1.82) is 0 Å². The fourth-order valence-electron chi connectivity index (χ4n) is 3.41. The number of fused-ring (bicyclic) bond motifs is 2. The first-order valence-electron chi connectivity index (χ1n) is 6.68. The van der Waals surface area contributed by atoms with Crippen LogP contribution < -0.4 is 5.32 Å². The Labute approximate surface area is 104 Å². The first-order valence-corrected chi connectivity index (χ1v) is 6.68. The molecule has 2 unspecified atom stereocenters. The molecule has 0 radical (unpaired) electrons. The summed E-state index contributed by atoms with van der Waals surface area (Å²) in [6, 6.07) is 1.08. The maximum absolute atomic E-state index is 12.1. The van der Waals surface area contributed by atoms with E-state index < -0.39 is 5.54 Å². The second-order valence-corrected chi connectivity index (χ2v) is 5.46. The highest BCUT2D eigenvalue weighted by Gasteiger charge is 2.51. The zero-order valence-electron chi connectivity index (χ0n) is 11.2. The molecule has 98 valence electrons. The van der Waals surface area contributed by atoms with Crippen LogP contribution in [0.25, 0.3) is 0 Å². The zero-order chi connectivity index (χ0) is 12.5. The van der Waals surface area contributed by atoms with Gasteiger partial charge < -0.3 is 15.0 Å². The molecule has 2 aliphatic heterocycles. The fraction of sp³-hybridized carbons (Fsp3) is 0.923. The van der Waals surface area contributed by atoms with E-state index in [4.69, 9.17) is 4.74 Å². The van der Waals surface area contributed by atoms with E-state index >= 15 is 0 Å². The lowest BCUT2D eigenvalue weighted by atomic mass is 9.82. The molecule has 4 nitrogen and oxygen atoms in total. The van der Waals surface area contributed by atoms with Crippen molar-refractivity contribution in [1.82, 2.24) is 10.2 Å². The summed E-state index contributed by atoms with van der Waals surface area (Å²) in [4.78, 5) is 14.6. The minimum atomic E-state index is -0.427. The molecule has 0 spiro atoms. The number of methoxy groups -OCH3 is 1. The van der Waals surface area contributed by atoms with Gasteiger partial charge in [-0.3, -0.25) is 4.79 Å². The van der Waals surface area contributed by atoms with Gasteiger partial charge in [0.1, 0.15) is 5.54 Å². The normalized spacial score (nSPS) is 37.1. The Morgan fingerprint density at radius 2 is 2.00 bits per heavy atom. The molecule has 2 atom stereocenters. The number of rotatable bonds is 4. The largest absolute Gasteiger partial charge is 0.468 e. The molecular weight excluding hydrogens is 216 g/mol. The van der Waals surface area contributed by atoms with Crippen molar-refractivity contribution in [3.8, 4) is 0 Å². The fourth-order valence-corrected chi connectivity index (χ4v) is 3.41. The SMILES string of the molecule is CCCNC1(C(=O)OC)CC2CCC(C1)N2C. The van der Waals surface area contributed by atoms with Gasteiger partial charge in [0, 0.05) is 12.1 Å². The average Bonchev–Trinajstić information content (AvgIpc) is 2.58. The monoisotopic (exact) mass is 240 g/mol. The Morgan fingerprint density at radius 3 is 2.47 bits per heavy atom. The van der Waals surface area contributed by atoms with Crippen molar-refractivity contribution in [3.63, 3.8) is 0 Å². The second-order valence-electron chi connectivity index (χ2n) is 5.46.